The van der Waals surface area contributed by atoms with Gasteiger partial charge >= 0.3 is 0 Å². The number of aromatic nitrogens is 2. The molecular weight excluding hydrogens is 246 g/mol. The molecule has 0 aliphatic carbocycles. The van der Waals surface area contributed by atoms with Crippen molar-refractivity contribution < 1.29 is 0 Å². The van der Waals surface area contributed by atoms with E-state index in [1.54, 1.807) is 0 Å². The molecule has 3 nitrogen and oxygen atoms in total. The number of hydrogen-bond acceptors (Lipinski definition) is 2. The zero-order valence-electron chi connectivity index (χ0n) is 11.7. The Hall–Kier alpha value is -2.13. The number of hydrogen-bond donors (Lipinski definition) is 1. The fourth-order valence-electron chi connectivity index (χ4n) is 2.42. The Bertz CT molecular complexity index is 674. The van der Waals surface area contributed by atoms with Gasteiger partial charge in [0.1, 0.15) is 0 Å². The minimum absolute atomic E-state index is 0.413. The highest BCUT2D eigenvalue weighted by Crippen LogP contribution is 2.15. The van der Waals surface area contributed by atoms with Gasteiger partial charge in [0, 0.05) is 31.5 Å². The van der Waals surface area contributed by atoms with Crippen LogP contribution in [-0.4, -0.2) is 15.6 Å². The highest BCUT2D eigenvalue weighted by Gasteiger charge is 2.03. The van der Waals surface area contributed by atoms with Gasteiger partial charge in [-0.3, -0.25) is 0 Å². The first kappa shape index (κ1) is 12.9. The molecule has 1 heterocycles. The largest absolute Gasteiger partial charge is 0.336 e. The zero-order chi connectivity index (χ0) is 13.8. The fraction of sp³-hybridized carbons (Fsp3) is 0.235. The van der Waals surface area contributed by atoms with E-state index in [-0.39, 0.29) is 0 Å². The van der Waals surface area contributed by atoms with Crippen molar-refractivity contribution in [3.8, 4) is 0 Å². The van der Waals surface area contributed by atoms with Crippen molar-refractivity contribution in [2.24, 2.45) is 0 Å². The Kier molecular flexibility index (Phi) is 3.79. The molecule has 0 saturated carbocycles. The van der Waals surface area contributed by atoms with Crippen LogP contribution in [0.3, 0.4) is 0 Å². The summed E-state index contributed by atoms with van der Waals surface area (Å²) in [5.41, 5.74) is 1.32. The molecule has 20 heavy (non-hydrogen) atoms. The van der Waals surface area contributed by atoms with Crippen LogP contribution < -0.4 is 5.32 Å². The molecule has 3 heteroatoms. The lowest BCUT2D eigenvalue weighted by atomic mass is 10.1. The Labute approximate surface area is 119 Å². The van der Waals surface area contributed by atoms with Crippen molar-refractivity contribution in [3.05, 3.63) is 66.7 Å². The maximum Gasteiger partial charge on any atom is 0.0946 e. The average molecular weight is 265 g/mol. The number of fused-ring (bicyclic) bond motifs is 1. The highest BCUT2D eigenvalue weighted by atomic mass is 15.1. The number of nitrogens with zero attached hydrogens (tertiary/aromatic N) is 2. The molecule has 1 aromatic heterocycles. The second-order valence-electron chi connectivity index (χ2n) is 5.22. The van der Waals surface area contributed by atoms with Crippen LogP contribution in [0.5, 0.6) is 0 Å². The van der Waals surface area contributed by atoms with E-state index in [0.717, 1.165) is 13.1 Å². The van der Waals surface area contributed by atoms with Crippen LogP contribution in [0.4, 0.5) is 0 Å². The second kappa shape index (κ2) is 5.88. The van der Waals surface area contributed by atoms with Gasteiger partial charge in [-0.05, 0) is 29.3 Å². The van der Waals surface area contributed by atoms with E-state index >= 15 is 0 Å². The molecule has 0 radical (unpaired) electrons. The van der Waals surface area contributed by atoms with Gasteiger partial charge in [0.25, 0.3) is 0 Å². The lowest BCUT2D eigenvalue weighted by molar-refractivity contribution is 0.476. The SMILES string of the molecule is CC(Cn1ccnc1)NCc1ccc2ccccc2c1. The number of nitrogens with one attached hydrogen (secondary N) is 1. The quantitative estimate of drug-likeness (QED) is 0.767. The van der Waals surface area contributed by atoms with Gasteiger partial charge in [-0.1, -0.05) is 36.4 Å². The standard InChI is InChI=1S/C17H19N3/c1-14(12-20-9-8-18-13-20)19-11-15-6-7-16-4-2-3-5-17(16)10-15/h2-10,13-14,19H,11-12H2,1H3. The molecule has 0 aliphatic rings. The predicted molar refractivity (Wildman–Crippen MR) is 82.5 cm³/mol. The molecule has 102 valence electrons. The van der Waals surface area contributed by atoms with E-state index in [1.807, 2.05) is 18.7 Å². The molecule has 0 bridgehead atoms. The molecule has 0 spiro atoms. The Balaban J connectivity index is 1.61. The summed E-state index contributed by atoms with van der Waals surface area (Å²) < 4.78 is 2.10. The maximum atomic E-state index is 4.06. The van der Waals surface area contributed by atoms with Crippen LogP contribution in [0.1, 0.15) is 12.5 Å². The van der Waals surface area contributed by atoms with Crippen molar-refractivity contribution in [2.45, 2.75) is 26.1 Å². The summed E-state index contributed by atoms with van der Waals surface area (Å²) in [5.74, 6) is 0. The molecule has 2 aromatic carbocycles. The molecule has 0 saturated heterocycles. The van der Waals surface area contributed by atoms with Crippen molar-refractivity contribution in [1.82, 2.24) is 14.9 Å². The smallest absolute Gasteiger partial charge is 0.0946 e. The normalized spacial score (nSPS) is 12.7. The van der Waals surface area contributed by atoms with Gasteiger partial charge in [0.15, 0.2) is 0 Å². The minimum atomic E-state index is 0.413. The first-order valence-electron chi connectivity index (χ1n) is 6.98. The van der Waals surface area contributed by atoms with Crippen molar-refractivity contribution >= 4 is 10.8 Å². The first-order chi connectivity index (χ1) is 9.81. The molecule has 0 fully saturated rings. The summed E-state index contributed by atoms with van der Waals surface area (Å²) in [7, 11) is 0. The van der Waals surface area contributed by atoms with Gasteiger partial charge in [0.05, 0.1) is 6.33 Å². The molecule has 3 aromatic rings. The Morgan fingerprint density at radius 3 is 2.80 bits per heavy atom. The molecule has 1 unspecified atom stereocenters. The third-order valence-corrected chi connectivity index (χ3v) is 3.51. The van der Waals surface area contributed by atoms with Gasteiger partial charge in [0.2, 0.25) is 0 Å². The van der Waals surface area contributed by atoms with Gasteiger partial charge in [-0.2, -0.15) is 0 Å². The lowest BCUT2D eigenvalue weighted by Gasteiger charge is -2.14. The summed E-state index contributed by atoms with van der Waals surface area (Å²) in [6.07, 6.45) is 5.67. The molecular formula is C17H19N3. The number of rotatable bonds is 5. The van der Waals surface area contributed by atoms with Crippen molar-refractivity contribution in [3.63, 3.8) is 0 Å². The van der Waals surface area contributed by atoms with Crippen molar-refractivity contribution in [1.29, 1.82) is 0 Å². The zero-order valence-corrected chi connectivity index (χ0v) is 11.7. The molecule has 1 atom stereocenters. The first-order valence-corrected chi connectivity index (χ1v) is 6.98. The van der Waals surface area contributed by atoms with Crippen LogP contribution in [0.2, 0.25) is 0 Å². The summed E-state index contributed by atoms with van der Waals surface area (Å²) in [6, 6.07) is 15.5. The van der Waals surface area contributed by atoms with Crippen LogP contribution in [0, 0.1) is 0 Å². The second-order valence-corrected chi connectivity index (χ2v) is 5.22. The molecule has 0 amide bonds. The maximum absolute atomic E-state index is 4.06. The van der Waals surface area contributed by atoms with E-state index in [0.29, 0.717) is 6.04 Å². The van der Waals surface area contributed by atoms with Crippen LogP contribution in [-0.2, 0) is 13.1 Å². The topological polar surface area (TPSA) is 29.9 Å². The third kappa shape index (κ3) is 3.06. The Morgan fingerprint density at radius 2 is 2.00 bits per heavy atom. The van der Waals surface area contributed by atoms with Crippen molar-refractivity contribution in [2.75, 3.05) is 0 Å². The fourth-order valence-corrected chi connectivity index (χ4v) is 2.42. The Morgan fingerprint density at radius 1 is 1.15 bits per heavy atom. The minimum Gasteiger partial charge on any atom is -0.336 e. The molecule has 1 N–H and O–H groups in total. The number of benzene rings is 2. The number of imidazole rings is 1. The summed E-state index contributed by atoms with van der Waals surface area (Å²) >= 11 is 0. The van der Waals surface area contributed by atoms with E-state index in [1.165, 1.54) is 16.3 Å². The molecule has 0 aliphatic heterocycles. The van der Waals surface area contributed by atoms with E-state index < -0.39 is 0 Å². The van der Waals surface area contributed by atoms with E-state index in [9.17, 15) is 0 Å². The van der Waals surface area contributed by atoms with Crippen LogP contribution in [0.15, 0.2) is 61.2 Å². The van der Waals surface area contributed by atoms with Gasteiger partial charge in [-0.15, -0.1) is 0 Å². The van der Waals surface area contributed by atoms with Gasteiger partial charge < -0.3 is 9.88 Å². The summed E-state index contributed by atoms with van der Waals surface area (Å²) in [4.78, 5) is 4.06. The van der Waals surface area contributed by atoms with Crippen LogP contribution in [0.25, 0.3) is 10.8 Å². The lowest BCUT2D eigenvalue weighted by Crippen LogP contribution is -2.29. The predicted octanol–water partition coefficient (Wildman–Crippen LogP) is 3.21. The summed E-state index contributed by atoms with van der Waals surface area (Å²) in [6.45, 7) is 4.02. The van der Waals surface area contributed by atoms with Gasteiger partial charge in [-0.25, -0.2) is 4.98 Å². The highest BCUT2D eigenvalue weighted by molar-refractivity contribution is 5.82. The van der Waals surface area contributed by atoms with E-state index in [4.69, 9.17) is 0 Å². The van der Waals surface area contributed by atoms with Crippen LogP contribution >= 0.6 is 0 Å². The average Bonchev–Trinajstić information content (AvgIpc) is 2.98. The summed E-state index contributed by atoms with van der Waals surface area (Å²) in [5, 5.41) is 6.15. The van der Waals surface area contributed by atoms with E-state index in [2.05, 4.69) is 64.3 Å². The monoisotopic (exact) mass is 265 g/mol. The third-order valence-electron chi connectivity index (χ3n) is 3.51. The molecule has 3 rings (SSSR count).